The molecule has 0 saturated carbocycles. The fourth-order valence-corrected chi connectivity index (χ4v) is 1.35. The van der Waals surface area contributed by atoms with Crippen molar-refractivity contribution in [3.8, 4) is 0 Å². The third-order valence-corrected chi connectivity index (χ3v) is 2.80. The molecular weight excluding hydrogens is 256 g/mol. The first-order chi connectivity index (χ1) is 8.22. The molecule has 0 heterocycles. The number of hydrogen-bond acceptors (Lipinski definition) is 2. The van der Waals surface area contributed by atoms with Crippen LogP contribution in [0.3, 0.4) is 0 Å². The summed E-state index contributed by atoms with van der Waals surface area (Å²) in [6.07, 6.45) is 0. The Morgan fingerprint density at radius 2 is 1.94 bits per heavy atom. The molecule has 0 fully saturated rings. The van der Waals surface area contributed by atoms with Gasteiger partial charge in [-0.15, -0.1) is 0 Å². The van der Waals surface area contributed by atoms with Crippen molar-refractivity contribution in [2.24, 2.45) is 0 Å². The molecule has 6 heteroatoms. The number of rotatable bonds is 3. The highest BCUT2D eigenvalue weighted by Crippen LogP contribution is 2.19. The Bertz CT molecular complexity index is 486. The predicted molar refractivity (Wildman–Crippen MR) is 70.1 cm³/mol. The van der Waals surface area contributed by atoms with Crippen molar-refractivity contribution < 1.29 is 14.7 Å². The van der Waals surface area contributed by atoms with E-state index in [1.165, 1.54) is 13.8 Å². The number of benzene rings is 1. The largest absolute Gasteiger partial charge is 0.480 e. The first kappa shape index (κ1) is 14.3. The number of nitrogens with one attached hydrogen (secondary N) is 2. The minimum absolute atomic E-state index is 0.504. The molecule has 0 bridgehead atoms. The molecule has 1 rings (SSSR count). The molecule has 98 valence electrons. The fraction of sp³-hybridized carbons (Fsp3) is 0.333. The summed E-state index contributed by atoms with van der Waals surface area (Å²) >= 11 is 5.92. The van der Waals surface area contributed by atoms with Crippen LogP contribution in [0.5, 0.6) is 0 Å². The molecule has 0 saturated heterocycles. The van der Waals surface area contributed by atoms with E-state index < -0.39 is 17.5 Å². The van der Waals surface area contributed by atoms with E-state index in [2.05, 4.69) is 10.6 Å². The van der Waals surface area contributed by atoms with E-state index in [-0.39, 0.29) is 0 Å². The molecule has 18 heavy (non-hydrogen) atoms. The fourth-order valence-electron chi connectivity index (χ4n) is 1.17. The van der Waals surface area contributed by atoms with Crippen molar-refractivity contribution in [1.82, 2.24) is 5.32 Å². The van der Waals surface area contributed by atoms with Crippen molar-refractivity contribution in [2.75, 3.05) is 5.32 Å². The summed E-state index contributed by atoms with van der Waals surface area (Å²) in [6, 6.07) is 4.46. The van der Waals surface area contributed by atoms with Crippen LogP contribution in [0.2, 0.25) is 5.02 Å². The van der Waals surface area contributed by atoms with Gasteiger partial charge in [0.25, 0.3) is 0 Å². The van der Waals surface area contributed by atoms with Crippen LogP contribution in [0.15, 0.2) is 18.2 Å². The lowest BCUT2D eigenvalue weighted by atomic mass is 10.1. The molecule has 5 nitrogen and oxygen atoms in total. The van der Waals surface area contributed by atoms with Crippen LogP contribution in [0.1, 0.15) is 19.4 Å². The summed E-state index contributed by atoms with van der Waals surface area (Å²) in [5, 5.41) is 14.3. The average Bonchev–Trinajstić information content (AvgIpc) is 2.22. The minimum atomic E-state index is -1.33. The van der Waals surface area contributed by atoms with Gasteiger partial charge in [-0.05, 0) is 38.5 Å². The van der Waals surface area contributed by atoms with Crippen LogP contribution in [0.4, 0.5) is 10.5 Å². The highest BCUT2D eigenvalue weighted by molar-refractivity contribution is 6.31. The number of halogens is 1. The Kier molecular flexibility index (Phi) is 4.19. The lowest BCUT2D eigenvalue weighted by molar-refractivity contribution is -0.142. The molecular formula is C12H15ClN2O3. The monoisotopic (exact) mass is 270 g/mol. The zero-order chi connectivity index (χ0) is 13.9. The average molecular weight is 271 g/mol. The summed E-state index contributed by atoms with van der Waals surface area (Å²) in [5.74, 6) is -1.11. The van der Waals surface area contributed by atoms with E-state index in [0.717, 1.165) is 5.56 Å². The standard InChI is InChI=1S/C12H15ClN2O3/c1-7-4-5-8(6-9(7)13)14-11(18)15-12(2,3)10(16)17/h4-6H,1-3H3,(H,16,17)(H2,14,15,18). The highest BCUT2D eigenvalue weighted by atomic mass is 35.5. The van der Waals surface area contributed by atoms with E-state index in [1.807, 2.05) is 6.92 Å². The Balaban J connectivity index is 2.71. The van der Waals surface area contributed by atoms with E-state index in [0.29, 0.717) is 10.7 Å². The summed E-state index contributed by atoms with van der Waals surface area (Å²) in [5.41, 5.74) is 0.0660. The lowest BCUT2D eigenvalue weighted by Crippen LogP contribution is -2.51. The molecule has 0 atom stereocenters. The lowest BCUT2D eigenvalue weighted by Gasteiger charge is -2.21. The topological polar surface area (TPSA) is 78.4 Å². The summed E-state index contributed by atoms with van der Waals surface area (Å²) in [4.78, 5) is 22.4. The van der Waals surface area contributed by atoms with E-state index >= 15 is 0 Å². The van der Waals surface area contributed by atoms with Crippen molar-refractivity contribution in [2.45, 2.75) is 26.3 Å². The Morgan fingerprint density at radius 3 is 2.44 bits per heavy atom. The summed E-state index contributed by atoms with van der Waals surface area (Å²) < 4.78 is 0. The number of aliphatic carboxylic acids is 1. The summed E-state index contributed by atoms with van der Waals surface area (Å²) in [7, 11) is 0. The van der Waals surface area contributed by atoms with E-state index in [9.17, 15) is 9.59 Å². The number of carbonyl (C=O) groups excluding carboxylic acids is 1. The maximum Gasteiger partial charge on any atom is 0.328 e. The molecule has 0 aromatic heterocycles. The van der Waals surface area contributed by atoms with E-state index in [4.69, 9.17) is 16.7 Å². The van der Waals surface area contributed by atoms with Crippen LogP contribution < -0.4 is 10.6 Å². The second kappa shape index (κ2) is 5.27. The third kappa shape index (κ3) is 3.63. The molecule has 0 aliphatic rings. The normalized spacial score (nSPS) is 10.9. The van der Waals surface area contributed by atoms with Gasteiger partial charge in [-0.2, -0.15) is 0 Å². The van der Waals surface area contributed by atoms with Crippen LogP contribution >= 0.6 is 11.6 Å². The number of amides is 2. The summed E-state index contributed by atoms with van der Waals surface area (Å²) in [6.45, 7) is 4.65. The number of carbonyl (C=O) groups is 2. The smallest absolute Gasteiger partial charge is 0.328 e. The van der Waals surface area contributed by atoms with E-state index in [1.54, 1.807) is 18.2 Å². The molecule has 1 aromatic carbocycles. The maximum absolute atomic E-state index is 11.6. The maximum atomic E-state index is 11.6. The van der Waals surface area contributed by atoms with Gasteiger partial charge in [0, 0.05) is 10.7 Å². The molecule has 1 aromatic rings. The molecule has 0 spiro atoms. The van der Waals surface area contributed by atoms with Gasteiger partial charge in [0.2, 0.25) is 0 Å². The van der Waals surface area contributed by atoms with Gasteiger partial charge in [0.05, 0.1) is 0 Å². The molecule has 0 radical (unpaired) electrons. The zero-order valence-electron chi connectivity index (χ0n) is 10.4. The Hall–Kier alpha value is -1.75. The van der Waals surface area contributed by atoms with Crippen LogP contribution in [-0.4, -0.2) is 22.6 Å². The number of aryl methyl sites for hydroxylation is 1. The Labute approximate surface area is 110 Å². The number of hydrogen-bond donors (Lipinski definition) is 3. The van der Waals surface area contributed by atoms with Gasteiger partial charge in [0.15, 0.2) is 0 Å². The second-order valence-electron chi connectivity index (χ2n) is 4.47. The van der Waals surface area contributed by atoms with Gasteiger partial charge >= 0.3 is 12.0 Å². The minimum Gasteiger partial charge on any atom is -0.480 e. The van der Waals surface area contributed by atoms with Gasteiger partial charge in [-0.25, -0.2) is 9.59 Å². The van der Waals surface area contributed by atoms with Crippen molar-refractivity contribution in [3.05, 3.63) is 28.8 Å². The number of urea groups is 1. The third-order valence-electron chi connectivity index (χ3n) is 2.39. The van der Waals surface area contributed by atoms with Gasteiger partial charge < -0.3 is 15.7 Å². The Morgan fingerprint density at radius 1 is 1.33 bits per heavy atom. The predicted octanol–water partition coefficient (Wildman–Crippen LogP) is 2.63. The number of anilines is 1. The van der Waals surface area contributed by atoms with Crippen molar-refractivity contribution in [3.63, 3.8) is 0 Å². The quantitative estimate of drug-likeness (QED) is 0.790. The SMILES string of the molecule is Cc1ccc(NC(=O)NC(C)(C)C(=O)O)cc1Cl. The van der Waals surface area contributed by atoms with Crippen LogP contribution in [0.25, 0.3) is 0 Å². The van der Waals surface area contributed by atoms with Gasteiger partial charge in [-0.1, -0.05) is 17.7 Å². The first-order valence-electron chi connectivity index (χ1n) is 5.31. The van der Waals surface area contributed by atoms with Crippen molar-refractivity contribution >= 4 is 29.3 Å². The number of carboxylic acid groups (broad SMARTS) is 1. The first-order valence-corrected chi connectivity index (χ1v) is 5.69. The number of carboxylic acids is 1. The van der Waals surface area contributed by atoms with Crippen molar-refractivity contribution in [1.29, 1.82) is 0 Å². The second-order valence-corrected chi connectivity index (χ2v) is 4.88. The molecule has 0 aliphatic heterocycles. The van der Waals surface area contributed by atoms with Crippen LogP contribution in [0, 0.1) is 6.92 Å². The van der Waals surface area contributed by atoms with Crippen LogP contribution in [-0.2, 0) is 4.79 Å². The molecule has 0 aliphatic carbocycles. The van der Waals surface area contributed by atoms with Gasteiger partial charge in [0.1, 0.15) is 5.54 Å². The molecule has 0 unspecified atom stereocenters. The molecule has 3 N–H and O–H groups in total. The highest BCUT2D eigenvalue weighted by Gasteiger charge is 2.28. The van der Waals surface area contributed by atoms with Gasteiger partial charge in [-0.3, -0.25) is 0 Å². The molecule has 2 amide bonds. The zero-order valence-corrected chi connectivity index (χ0v) is 11.1.